The Hall–Kier alpha value is -1.07. The lowest BCUT2D eigenvalue weighted by atomic mass is 10.1. The summed E-state index contributed by atoms with van der Waals surface area (Å²) in [5.74, 6) is 0.0302. The molecule has 21 heavy (non-hydrogen) atoms. The van der Waals surface area contributed by atoms with Crippen LogP contribution in [-0.2, 0) is 6.42 Å². The molecule has 0 saturated heterocycles. The number of nitrogens with zero attached hydrogens (tertiary/aromatic N) is 1. The normalized spacial score (nSPS) is 14.5. The predicted octanol–water partition coefficient (Wildman–Crippen LogP) is 4.93. The van der Waals surface area contributed by atoms with E-state index >= 15 is 0 Å². The lowest BCUT2D eigenvalue weighted by Crippen LogP contribution is -2.31. The highest BCUT2D eigenvalue weighted by Crippen LogP contribution is 2.28. The van der Waals surface area contributed by atoms with Gasteiger partial charge in [0.15, 0.2) is 0 Å². The van der Waals surface area contributed by atoms with Crippen molar-refractivity contribution in [2.24, 2.45) is 0 Å². The predicted molar refractivity (Wildman–Crippen MR) is 95.2 cm³/mol. The molecule has 3 rings (SSSR count). The summed E-state index contributed by atoms with van der Waals surface area (Å²) in [6, 6.07) is 13.7. The Morgan fingerprint density at radius 3 is 2.76 bits per heavy atom. The number of halogens is 2. The average molecular weight is 412 g/mol. The van der Waals surface area contributed by atoms with Gasteiger partial charge < -0.3 is 4.90 Å². The number of aryl methyl sites for hydroxylation is 1. The van der Waals surface area contributed by atoms with Crippen molar-refractivity contribution in [1.29, 1.82) is 0 Å². The molecule has 1 aliphatic rings. The molecule has 0 N–H and O–H groups in total. The molecule has 0 radical (unpaired) electrons. The van der Waals surface area contributed by atoms with Crippen LogP contribution in [0.4, 0.5) is 5.69 Å². The maximum atomic E-state index is 12.8. The smallest absolute Gasteiger partial charge is 0.258 e. The lowest BCUT2D eigenvalue weighted by Gasteiger charge is -2.23. The third-order valence-corrected chi connectivity index (χ3v) is 5.34. The zero-order valence-corrected chi connectivity index (χ0v) is 14.4. The van der Waals surface area contributed by atoms with Gasteiger partial charge in [-0.05, 0) is 71.7 Å². The summed E-state index contributed by atoms with van der Waals surface area (Å²) in [4.78, 5) is 14.7. The van der Waals surface area contributed by atoms with Crippen molar-refractivity contribution in [2.45, 2.75) is 19.3 Å². The van der Waals surface area contributed by atoms with E-state index < -0.39 is 0 Å². The van der Waals surface area contributed by atoms with Crippen molar-refractivity contribution in [3.8, 4) is 0 Å². The number of hydrogen-bond acceptors (Lipinski definition) is 1. The SMILES string of the molecule is O=C(c1ccc(I)c(Cl)c1)N1CCCCc2ccccc21. The molecular formula is C17H15ClINO. The number of amides is 1. The van der Waals surface area contributed by atoms with E-state index in [1.54, 1.807) is 6.07 Å². The highest BCUT2D eigenvalue weighted by Gasteiger charge is 2.22. The Labute approximate surface area is 143 Å². The van der Waals surface area contributed by atoms with Gasteiger partial charge >= 0.3 is 0 Å². The molecule has 0 atom stereocenters. The molecule has 1 aliphatic heterocycles. The lowest BCUT2D eigenvalue weighted by molar-refractivity contribution is 0.0987. The van der Waals surface area contributed by atoms with Crippen LogP contribution in [0, 0.1) is 3.57 Å². The van der Waals surface area contributed by atoms with Crippen LogP contribution in [0.25, 0.3) is 0 Å². The number of carbonyl (C=O) groups excluding carboxylic acids is 1. The highest BCUT2D eigenvalue weighted by molar-refractivity contribution is 14.1. The molecular weight excluding hydrogens is 397 g/mol. The summed E-state index contributed by atoms with van der Waals surface area (Å²) in [5.41, 5.74) is 2.94. The van der Waals surface area contributed by atoms with Crippen LogP contribution in [0.3, 0.4) is 0 Å². The van der Waals surface area contributed by atoms with Gasteiger partial charge in [0.25, 0.3) is 5.91 Å². The number of hydrogen-bond donors (Lipinski definition) is 0. The molecule has 108 valence electrons. The van der Waals surface area contributed by atoms with E-state index in [1.165, 1.54) is 5.56 Å². The quantitative estimate of drug-likeness (QED) is 0.610. The fraction of sp³-hybridized carbons (Fsp3) is 0.235. The number of benzene rings is 2. The zero-order valence-electron chi connectivity index (χ0n) is 11.5. The number of para-hydroxylation sites is 1. The van der Waals surface area contributed by atoms with Crippen LogP contribution in [0.15, 0.2) is 42.5 Å². The second-order valence-corrected chi connectivity index (χ2v) is 6.74. The van der Waals surface area contributed by atoms with Crippen LogP contribution in [-0.4, -0.2) is 12.5 Å². The minimum Gasteiger partial charge on any atom is -0.308 e. The second kappa shape index (κ2) is 6.36. The van der Waals surface area contributed by atoms with Gasteiger partial charge in [0.05, 0.1) is 5.02 Å². The van der Waals surface area contributed by atoms with Gasteiger partial charge in [0.2, 0.25) is 0 Å². The minimum atomic E-state index is 0.0302. The molecule has 0 unspecified atom stereocenters. The van der Waals surface area contributed by atoms with E-state index in [2.05, 4.69) is 28.7 Å². The van der Waals surface area contributed by atoms with Gasteiger partial charge in [-0.2, -0.15) is 0 Å². The first kappa shape index (κ1) is 14.9. The summed E-state index contributed by atoms with van der Waals surface area (Å²) >= 11 is 8.32. The third kappa shape index (κ3) is 3.09. The first-order chi connectivity index (χ1) is 10.2. The van der Waals surface area contributed by atoms with Gasteiger partial charge in [-0.1, -0.05) is 29.8 Å². The molecule has 1 heterocycles. The molecule has 2 aromatic carbocycles. The number of fused-ring (bicyclic) bond motifs is 1. The Morgan fingerprint density at radius 2 is 1.95 bits per heavy atom. The van der Waals surface area contributed by atoms with Crippen LogP contribution < -0.4 is 4.90 Å². The average Bonchev–Trinajstić information content (AvgIpc) is 2.71. The fourth-order valence-corrected chi connectivity index (χ4v) is 3.20. The second-order valence-electron chi connectivity index (χ2n) is 5.17. The topological polar surface area (TPSA) is 20.3 Å². The van der Waals surface area contributed by atoms with Crippen molar-refractivity contribution in [3.05, 3.63) is 62.2 Å². The van der Waals surface area contributed by atoms with Crippen molar-refractivity contribution in [3.63, 3.8) is 0 Å². The maximum absolute atomic E-state index is 12.8. The van der Waals surface area contributed by atoms with Gasteiger partial charge in [-0.25, -0.2) is 0 Å². The Morgan fingerprint density at radius 1 is 1.14 bits per heavy atom. The molecule has 0 spiro atoms. The van der Waals surface area contributed by atoms with Crippen molar-refractivity contribution in [1.82, 2.24) is 0 Å². The van der Waals surface area contributed by atoms with Crippen molar-refractivity contribution < 1.29 is 4.79 Å². The highest BCUT2D eigenvalue weighted by atomic mass is 127. The summed E-state index contributed by atoms with van der Waals surface area (Å²) in [5, 5.41) is 0.629. The number of rotatable bonds is 1. The van der Waals surface area contributed by atoms with Crippen LogP contribution in [0.5, 0.6) is 0 Å². The fourth-order valence-electron chi connectivity index (χ4n) is 2.69. The molecule has 2 aromatic rings. The zero-order chi connectivity index (χ0) is 14.8. The number of carbonyl (C=O) groups is 1. The van der Waals surface area contributed by atoms with Gasteiger partial charge in [-0.3, -0.25) is 4.79 Å². The Kier molecular flexibility index (Phi) is 4.50. The summed E-state index contributed by atoms with van der Waals surface area (Å²) < 4.78 is 0.960. The molecule has 1 amide bonds. The van der Waals surface area contributed by atoms with Gasteiger partial charge in [0, 0.05) is 21.4 Å². The van der Waals surface area contributed by atoms with E-state index in [1.807, 2.05) is 35.2 Å². The largest absolute Gasteiger partial charge is 0.308 e. The van der Waals surface area contributed by atoms with E-state index in [9.17, 15) is 4.79 Å². The van der Waals surface area contributed by atoms with Crippen molar-refractivity contribution in [2.75, 3.05) is 11.4 Å². The van der Waals surface area contributed by atoms with Crippen LogP contribution >= 0.6 is 34.2 Å². The first-order valence-electron chi connectivity index (χ1n) is 7.01. The van der Waals surface area contributed by atoms with Crippen LogP contribution in [0.2, 0.25) is 5.02 Å². The van der Waals surface area contributed by atoms with Gasteiger partial charge in [-0.15, -0.1) is 0 Å². The first-order valence-corrected chi connectivity index (χ1v) is 8.47. The summed E-state index contributed by atoms with van der Waals surface area (Å²) in [6.45, 7) is 0.763. The van der Waals surface area contributed by atoms with E-state index in [0.29, 0.717) is 10.6 Å². The monoisotopic (exact) mass is 411 g/mol. The van der Waals surface area contributed by atoms with E-state index in [-0.39, 0.29) is 5.91 Å². The molecule has 0 aromatic heterocycles. The van der Waals surface area contributed by atoms with E-state index in [0.717, 1.165) is 35.1 Å². The standard InChI is InChI=1S/C17H15ClINO/c18-14-11-13(8-9-15(14)19)17(21)20-10-4-3-6-12-5-1-2-7-16(12)20/h1-2,5,7-9,11H,3-4,6,10H2. The molecule has 0 saturated carbocycles. The molecule has 2 nitrogen and oxygen atoms in total. The molecule has 0 aliphatic carbocycles. The van der Waals surface area contributed by atoms with E-state index in [4.69, 9.17) is 11.6 Å². The Bertz CT molecular complexity index is 686. The molecule has 4 heteroatoms. The summed E-state index contributed by atoms with van der Waals surface area (Å²) in [6.07, 6.45) is 3.18. The Balaban J connectivity index is 1.99. The van der Waals surface area contributed by atoms with Gasteiger partial charge in [0.1, 0.15) is 0 Å². The molecule has 0 bridgehead atoms. The maximum Gasteiger partial charge on any atom is 0.258 e. The van der Waals surface area contributed by atoms with Crippen LogP contribution in [0.1, 0.15) is 28.8 Å². The van der Waals surface area contributed by atoms with Crippen molar-refractivity contribution >= 4 is 45.8 Å². The third-order valence-electron chi connectivity index (χ3n) is 3.77. The number of anilines is 1. The summed E-state index contributed by atoms with van der Waals surface area (Å²) in [7, 11) is 0. The minimum absolute atomic E-state index is 0.0302. The molecule has 0 fully saturated rings.